The van der Waals surface area contributed by atoms with Crippen molar-refractivity contribution in [2.45, 2.75) is 13.8 Å². The Balaban J connectivity index is 1.98. The first-order chi connectivity index (χ1) is 10.2. The Morgan fingerprint density at radius 3 is 2.71 bits per heavy atom. The third-order valence-electron chi connectivity index (χ3n) is 2.70. The standard InChI is InChI=1S/C15H16N4O2/c1-3-21-15(20)12-6-8-13(9-7-12)17-19-18-14-11(2)5-4-10-16-14/h4-10H,3H2,1-2H3,(H,16,17,18). The molecule has 108 valence electrons. The van der Waals surface area contributed by atoms with Gasteiger partial charge in [0.2, 0.25) is 0 Å². The molecule has 0 saturated heterocycles. The first kappa shape index (κ1) is 14.6. The third-order valence-corrected chi connectivity index (χ3v) is 2.70. The summed E-state index contributed by atoms with van der Waals surface area (Å²) in [4.78, 5) is 15.6. The first-order valence-electron chi connectivity index (χ1n) is 6.56. The quantitative estimate of drug-likeness (QED) is 0.516. The number of nitrogens with zero attached hydrogens (tertiary/aromatic N) is 3. The normalized spacial score (nSPS) is 10.6. The molecular weight excluding hydrogens is 268 g/mol. The van der Waals surface area contributed by atoms with Crippen LogP contribution >= 0.6 is 0 Å². The third kappa shape index (κ3) is 4.10. The Kier molecular flexibility index (Phi) is 4.98. The van der Waals surface area contributed by atoms with E-state index in [-0.39, 0.29) is 5.97 Å². The lowest BCUT2D eigenvalue weighted by Crippen LogP contribution is -2.04. The van der Waals surface area contributed by atoms with Crippen molar-refractivity contribution >= 4 is 17.5 Å². The SMILES string of the molecule is CCOC(=O)c1ccc(N/N=N/c2ncccc2C)cc1. The highest BCUT2D eigenvalue weighted by atomic mass is 16.5. The van der Waals surface area contributed by atoms with E-state index in [1.807, 2.05) is 19.1 Å². The predicted molar refractivity (Wildman–Crippen MR) is 79.5 cm³/mol. The molecule has 0 aliphatic carbocycles. The maximum atomic E-state index is 11.5. The van der Waals surface area contributed by atoms with Gasteiger partial charge in [0.05, 0.1) is 17.9 Å². The van der Waals surface area contributed by atoms with E-state index in [0.29, 0.717) is 18.0 Å². The Hall–Kier alpha value is -2.76. The van der Waals surface area contributed by atoms with Crippen LogP contribution in [0.3, 0.4) is 0 Å². The predicted octanol–water partition coefficient (Wildman–Crippen LogP) is 3.68. The van der Waals surface area contributed by atoms with Crippen LogP contribution in [0, 0.1) is 6.92 Å². The molecule has 0 saturated carbocycles. The molecule has 0 bridgehead atoms. The number of anilines is 1. The van der Waals surface area contributed by atoms with E-state index in [2.05, 4.69) is 20.7 Å². The summed E-state index contributed by atoms with van der Waals surface area (Å²) in [5, 5.41) is 7.88. The molecule has 0 unspecified atom stereocenters. The number of aromatic nitrogens is 1. The van der Waals surface area contributed by atoms with Crippen molar-refractivity contribution in [1.29, 1.82) is 0 Å². The number of benzene rings is 1. The lowest BCUT2D eigenvalue weighted by Gasteiger charge is -2.03. The highest BCUT2D eigenvalue weighted by Crippen LogP contribution is 2.15. The molecule has 1 N–H and O–H groups in total. The molecule has 2 aromatic rings. The van der Waals surface area contributed by atoms with Gasteiger partial charge in [-0.15, -0.1) is 5.11 Å². The number of nitrogens with one attached hydrogen (secondary N) is 1. The van der Waals surface area contributed by atoms with Crippen LogP contribution in [0.2, 0.25) is 0 Å². The Bertz CT molecular complexity index is 638. The fourth-order valence-corrected chi connectivity index (χ4v) is 1.61. The van der Waals surface area contributed by atoms with Gasteiger partial charge < -0.3 is 4.74 Å². The Labute approximate surface area is 122 Å². The summed E-state index contributed by atoms with van der Waals surface area (Å²) in [5.41, 5.74) is 4.95. The molecule has 0 spiro atoms. The molecule has 0 aliphatic rings. The highest BCUT2D eigenvalue weighted by Gasteiger charge is 2.05. The smallest absolute Gasteiger partial charge is 0.338 e. The second-order valence-corrected chi connectivity index (χ2v) is 4.25. The molecule has 6 heteroatoms. The number of hydrogen-bond acceptors (Lipinski definition) is 5. The average Bonchev–Trinajstić information content (AvgIpc) is 2.50. The summed E-state index contributed by atoms with van der Waals surface area (Å²) in [6.07, 6.45) is 1.66. The molecular formula is C15H16N4O2. The van der Waals surface area contributed by atoms with Crippen molar-refractivity contribution < 1.29 is 9.53 Å². The van der Waals surface area contributed by atoms with Gasteiger partial charge in [-0.1, -0.05) is 11.3 Å². The first-order valence-corrected chi connectivity index (χ1v) is 6.56. The van der Waals surface area contributed by atoms with E-state index < -0.39 is 0 Å². The molecule has 6 nitrogen and oxygen atoms in total. The van der Waals surface area contributed by atoms with Crippen molar-refractivity contribution in [2.24, 2.45) is 10.3 Å². The van der Waals surface area contributed by atoms with E-state index in [0.717, 1.165) is 11.3 Å². The molecule has 0 atom stereocenters. The maximum absolute atomic E-state index is 11.5. The van der Waals surface area contributed by atoms with E-state index >= 15 is 0 Å². The second-order valence-electron chi connectivity index (χ2n) is 4.25. The minimum absolute atomic E-state index is 0.338. The summed E-state index contributed by atoms with van der Waals surface area (Å²) in [6, 6.07) is 10.6. The number of pyridine rings is 1. The molecule has 0 radical (unpaired) electrons. The van der Waals surface area contributed by atoms with Gasteiger partial charge in [-0.05, 0) is 49.7 Å². The lowest BCUT2D eigenvalue weighted by atomic mass is 10.2. The molecule has 2 rings (SSSR count). The number of ether oxygens (including phenoxy) is 1. The molecule has 0 fully saturated rings. The average molecular weight is 284 g/mol. The molecule has 0 amide bonds. The molecule has 1 aromatic heterocycles. The summed E-state index contributed by atoms with van der Waals surface area (Å²) < 4.78 is 4.91. The maximum Gasteiger partial charge on any atom is 0.338 e. The highest BCUT2D eigenvalue weighted by molar-refractivity contribution is 5.89. The summed E-state index contributed by atoms with van der Waals surface area (Å²) in [5.74, 6) is 0.225. The fraction of sp³-hybridized carbons (Fsp3) is 0.200. The van der Waals surface area contributed by atoms with Crippen molar-refractivity contribution in [3.63, 3.8) is 0 Å². The van der Waals surface area contributed by atoms with Gasteiger partial charge >= 0.3 is 5.97 Å². The zero-order valence-electron chi connectivity index (χ0n) is 11.9. The number of carbonyl (C=O) groups excluding carboxylic acids is 1. The zero-order chi connectivity index (χ0) is 15.1. The van der Waals surface area contributed by atoms with Crippen molar-refractivity contribution in [2.75, 3.05) is 12.0 Å². The fourth-order valence-electron chi connectivity index (χ4n) is 1.61. The van der Waals surface area contributed by atoms with Crippen molar-refractivity contribution in [3.8, 4) is 0 Å². The van der Waals surface area contributed by atoms with Gasteiger partial charge in [0.25, 0.3) is 0 Å². The number of rotatable bonds is 5. The zero-order valence-corrected chi connectivity index (χ0v) is 11.9. The molecule has 21 heavy (non-hydrogen) atoms. The summed E-state index contributed by atoms with van der Waals surface area (Å²) >= 11 is 0. The number of aryl methyl sites for hydroxylation is 1. The van der Waals surface area contributed by atoms with Crippen LogP contribution in [0.15, 0.2) is 52.9 Å². The van der Waals surface area contributed by atoms with Crippen LogP contribution in [0.4, 0.5) is 11.5 Å². The van der Waals surface area contributed by atoms with Crippen molar-refractivity contribution in [3.05, 3.63) is 53.7 Å². The number of esters is 1. The van der Waals surface area contributed by atoms with Gasteiger partial charge in [-0.3, -0.25) is 5.43 Å². The van der Waals surface area contributed by atoms with Crippen LogP contribution in [0.25, 0.3) is 0 Å². The Morgan fingerprint density at radius 2 is 2.05 bits per heavy atom. The summed E-state index contributed by atoms with van der Waals surface area (Å²) in [6.45, 7) is 4.04. The van der Waals surface area contributed by atoms with Gasteiger partial charge in [0.1, 0.15) is 0 Å². The molecule has 1 heterocycles. The van der Waals surface area contributed by atoms with Crippen LogP contribution in [-0.2, 0) is 4.74 Å². The lowest BCUT2D eigenvalue weighted by molar-refractivity contribution is 0.0526. The Morgan fingerprint density at radius 1 is 1.29 bits per heavy atom. The van der Waals surface area contributed by atoms with Gasteiger partial charge in [-0.2, -0.15) is 0 Å². The molecule has 1 aromatic carbocycles. The molecule has 0 aliphatic heterocycles. The second kappa shape index (κ2) is 7.14. The van der Waals surface area contributed by atoms with Crippen LogP contribution in [-0.4, -0.2) is 17.6 Å². The number of carbonyl (C=O) groups is 1. The van der Waals surface area contributed by atoms with Crippen molar-refractivity contribution in [1.82, 2.24) is 4.98 Å². The van der Waals surface area contributed by atoms with Gasteiger partial charge in [0, 0.05) is 6.20 Å². The van der Waals surface area contributed by atoms with E-state index in [1.165, 1.54) is 0 Å². The largest absolute Gasteiger partial charge is 0.462 e. The minimum atomic E-state index is -0.338. The van der Waals surface area contributed by atoms with E-state index in [4.69, 9.17) is 4.74 Å². The van der Waals surface area contributed by atoms with E-state index in [1.54, 1.807) is 37.4 Å². The van der Waals surface area contributed by atoms with E-state index in [9.17, 15) is 4.79 Å². The monoisotopic (exact) mass is 284 g/mol. The number of hydrogen-bond donors (Lipinski definition) is 1. The summed E-state index contributed by atoms with van der Waals surface area (Å²) in [7, 11) is 0. The topological polar surface area (TPSA) is 75.9 Å². The van der Waals surface area contributed by atoms with Gasteiger partial charge in [0.15, 0.2) is 5.82 Å². The van der Waals surface area contributed by atoms with Crippen LogP contribution < -0.4 is 5.43 Å². The van der Waals surface area contributed by atoms with Gasteiger partial charge in [-0.25, -0.2) is 9.78 Å². The minimum Gasteiger partial charge on any atom is -0.462 e. The van der Waals surface area contributed by atoms with Crippen LogP contribution in [0.1, 0.15) is 22.8 Å². The van der Waals surface area contributed by atoms with Crippen LogP contribution in [0.5, 0.6) is 0 Å².